The molecule has 0 saturated carbocycles. The van der Waals surface area contributed by atoms with Gasteiger partial charge in [0.25, 0.3) is 0 Å². The fraction of sp³-hybridized carbons (Fsp3) is 0.350. The van der Waals surface area contributed by atoms with E-state index in [0.29, 0.717) is 17.7 Å². The molecular formula is C20H21FO4. The summed E-state index contributed by atoms with van der Waals surface area (Å²) < 4.78 is 24.9. The average molecular weight is 344 g/mol. The third-order valence-corrected chi connectivity index (χ3v) is 4.40. The highest BCUT2D eigenvalue weighted by molar-refractivity contribution is 5.68. The van der Waals surface area contributed by atoms with Gasteiger partial charge in [0.15, 0.2) is 0 Å². The van der Waals surface area contributed by atoms with Crippen LogP contribution in [-0.4, -0.2) is 23.8 Å². The number of rotatable bonds is 6. The lowest BCUT2D eigenvalue weighted by atomic mass is 9.89. The van der Waals surface area contributed by atoms with Crippen molar-refractivity contribution in [2.75, 3.05) is 6.61 Å². The Labute approximate surface area is 146 Å². The monoisotopic (exact) mass is 344 g/mol. The zero-order valence-electron chi connectivity index (χ0n) is 14.1. The molecular weight excluding hydrogens is 323 g/mol. The molecule has 2 aromatic carbocycles. The van der Waals surface area contributed by atoms with Gasteiger partial charge in [-0.3, -0.25) is 0 Å². The summed E-state index contributed by atoms with van der Waals surface area (Å²) in [5.41, 5.74) is 3.87. The van der Waals surface area contributed by atoms with Crippen LogP contribution in [0.1, 0.15) is 28.7 Å². The first-order valence-corrected chi connectivity index (χ1v) is 8.34. The van der Waals surface area contributed by atoms with Crippen LogP contribution in [-0.2, 0) is 29.0 Å². The van der Waals surface area contributed by atoms with Crippen LogP contribution >= 0.6 is 0 Å². The first-order valence-electron chi connectivity index (χ1n) is 8.34. The lowest BCUT2D eigenvalue weighted by Gasteiger charge is -2.24. The molecule has 0 heterocycles. The summed E-state index contributed by atoms with van der Waals surface area (Å²) in [6, 6.07) is 10.8. The summed E-state index contributed by atoms with van der Waals surface area (Å²) in [7, 11) is 0. The Balaban J connectivity index is 1.62. The molecule has 0 aliphatic heterocycles. The zero-order chi connectivity index (χ0) is 17.8. The van der Waals surface area contributed by atoms with Crippen molar-refractivity contribution < 1.29 is 23.8 Å². The van der Waals surface area contributed by atoms with Gasteiger partial charge in [0.05, 0.1) is 6.10 Å². The van der Waals surface area contributed by atoms with Crippen molar-refractivity contribution in [3.8, 4) is 5.75 Å². The molecule has 1 unspecified atom stereocenters. The molecule has 0 aromatic heterocycles. The largest absolute Gasteiger partial charge is 0.489 e. The van der Waals surface area contributed by atoms with Gasteiger partial charge in [-0.25, -0.2) is 9.18 Å². The predicted molar refractivity (Wildman–Crippen MR) is 91.3 cm³/mol. The fourth-order valence-corrected chi connectivity index (χ4v) is 3.09. The number of carboxylic acids is 1. The van der Waals surface area contributed by atoms with E-state index >= 15 is 0 Å². The quantitative estimate of drug-likeness (QED) is 0.869. The normalized spacial score (nSPS) is 16.3. The van der Waals surface area contributed by atoms with E-state index in [4.69, 9.17) is 14.6 Å². The maximum absolute atomic E-state index is 13.8. The molecule has 2 aromatic rings. The summed E-state index contributed by atoms with van der Waals surface area (Å²) in [5, 5.41) is 8.70. The number of benzene rings is 2. The van der Waals surface area contributed by atoms with Gasteiger partial charge < -0.3 is 14.6 Å². The van der Waals surface area contributed by atoms with Gasteiger partial charge in [-0.15, -0.1) is 0 Å². The lowest BCUT2D eigenvalue weighted by molar-refractivity contribution is -0.144. The third-order valence-electron chi connectivity index (χ3n) is 4.40. The van der Waals surface area contributed by atoms with Crippen LogP contribution in [0.3, 0.4) is 0 Å². The Hall–Kier alpha value is -2.40. The van der Waals surface area contributed by atoms with E-state index in [0.717, 1.165) is 24.0 Å². The molecule has 1 atom stereocenters. The fourth-order valence-electron chi connectivity index (χ4n) is 3.09. The van der Waals surface area contributed by atoms with Gasteiger partial charge in [-0.2, -0.15) is 0 Å². The Morgan fingerprint density at radius 1 is 1.24 bits per heavy atom. The van der Waals surface area contributed by atoms with E-state index in [1.165, 1.54) is 11.6 Å². The molecule has 0 radical (unpaired) electrons. The van der Waals surface area contributed by atoms with Crippen molar-refractivity contribution in [1.82, 2.24) is 0 Å². The number of halogens is 1. The molecule has 1 aliphatic rings. The van der Waals surface area contributed by atoms with Crippen molar-refractivity contribution in [1.29, 1.82) is 0 Å². The number of ether oxygens (including phenoxy) is 2. The van der Waals surface area contributed by atoms with E-state index in [9.17, 15) is 9.18 Å². The van der Waals surface area contributed by atoms with Crippen LogP contribution in [0.4, 0.5) is 4.39 Å². The Bertz CT molecular complexity index is 772. The highest BCUT2D eigenvalue weighted by Crippen LogP contribution is 2.27. The molecule has 0 bridgehead atoms. The minimum Gasteiger partial charge on any atom is -0.489 e. The van der Waals surface area contributed by atoms with Gasteiger partial charge in [0, 0.05) is 5.56 Å². The SMILES string of the molecule is Cc1ccc(F)c(COc2ccc3c(c2)CCC(OCC(=O)O)C3)c1. The Morgan fingerprint density at radius 2 is 2.08 bits per heavy atom. The summed E-state index contributed by atoms with van der Waals surface area (Å²) in [6.45, 7) is 1.85. The van der Waals surface area contributed by atoms with E-state index in [1.54, 1.807) is 12.1 Å². The molecule has 4 nitrogen and oxygen atoms in total. The smallest absolute Gasteiger partial charge is 0.329 e. The molecule has 1 aliphatic carbocycles. The molecule has 25 heavy (non-hydrogen) atoms. The standard InChI is InChI=1S/C20H21FO4/c1-13-2-7-19(21)16(8-13)11-24-17-5-3-15-10-18(25-12-20(22)23)6-4-14(15)9-17/h2-3,5,7-9,18H,4,6,10-12H2,1H3,(H,22,23). The van der Waals surface area contributed by atoms with Gasteiger partial charge in [-0.1, -0.05) is 17.7 Å². The Morgan fingerprint density at radius 3 is 2.88 bits per heavy atom. The van der Waals surface area contributed by atoms with Crippen molar-refractivity contribution in [3.05, 3.63) is 64.5 Å². The first kappa shape index (κ1) is 17.4. The van der Waals surface area contributed by atoms with Gasteiger partial charge in [0.2, 0.25) is 0 Å². The van der Waals surface area contributed by atoms with Crippen LogP contribution < -0.4 is 4.74 Å². The van der Waals surface area contributed by atoms with Gasteiger partial charge in [-0.05, 0) is 61.6 Å². The van der Waals surface area contributed by atoms with Gasteiger partial charge >= 0.3 is 5.97 Å². The molecule has 5 heteroatoms. The summed E-state index contributed by atoms with van der Waals surface area (Å²) in [5.74, 6) is -0.496. The van der Waals surface area contributed by atoms with Crippen LogP contribution in [0.15, 0.2) is 36.4 Å². The number of aryl methyl sites for hydroxylation is 2. The average Bonchev–Trinajstić information content (AvgIpc) is 2.60. The molecule has 3 rings (SSSR count). The number of aliphatic carboxylic acids is 1. The van der Waals surface area contributed by atoms with E-state index in [2.05, 4.69) is 0 Å². The molecule has 132 valence electrons. The number of carboxylic acid groups (broad SMARTS) is 1. The Kier molecular flexibility index (Phi) is 5.34. The number of carbonyl (C=O) groups is 1. The number of fused-ring (bicyclic) bond motifs is 1. The molecule has 1 N–H and O–H groups in total. The topological polar surface area (TPSA) is 55.8 Å². The first-order chi connectivity index (χ1) is 12.0. The summed E-state index contributed by atoms with van der Waals surface area (Å²) in [4.78, 5) is 10.6. The van der Waals surface area contributed by atoms with Crippen molar-refractivity contribution >= 4 is 5.97 Å². The molecule has 0 spiro atoms. The minimum absolute atomic E-state index is 0.0586. The van der Waals surface area contributed by atoms with Crippen molar-refractivity contribution in [2.24, 2.45) is 0 Å². The minimum atomic E-state index is -0.946. The van der Waals surface area contributed by atoms with Crippen LogP contribution in [0.5, 0.6) is 5.75 Å². The lowest BCUT2D eigenvalue weighted by Crippen LogP contribution is -2.25. The zero-order valence-corrected chi connectivity index (χ0v) is 14.1. The molecule has 0 amide bonds. The van der Waals surface area contributed by atoms with Gasteiger partial charge in [0.1, 0.15) is 24.8 Å². The van der Waals surface area contributed by atoms with E-state index in [1.807, 2.05) is 25.1 Å². The summed E-state index contributed by atoms with van der Waals surface area (Å²) >= 11 is 0. The van der Waals surface area contributed by atoms with Crippen LogP contribution in [0.25, 0.3) is 0 Å². The second-order valence-corrected chi connectivity index (χ2v) is 6.38. The maximum atomic E-state index is 13.8. The van der Waals surface area contributed by atoms with E-state index < -0.39 is 5.97 Å². The molecule has 0 saturated heterocycles. The molecule has 0 fully saturated rings. The van der Waals surface area contributed by atoms with Crippen LogP contribution in [0, 0.1) is 12.7 Å². The third kappa shape index (κ3) is 4.57. The number of hydrogen-bond acceptors (Lipinski definition) is 3. The second kappa shape index (κ2) is 7.66. The maximum Gasteiger partial charge on any atom is 0.329 e. The van der Waals surface area contributed by atoms with E-state index in [-0.39, 0.29) is 25.1 Å². The highest BCUT2D eigenvalue weighted by atomic mass is 19.1. The second-order valence-electron chi connectivity index (χ2n) is 6.38. The number of hydrogen-bond donors (Lipinski definition) is 1. The highest BCUT2D eigenvalue weighted by Gasteiger charge is 2.20. The summed E-state index contributed by atoms with van der Waals surface area (Å²) in [6.07, 6.45) is 2.25. The van der Waals surface area contributed by atoms with Crippen LogP contribution in [0.2, 0.25) is 0 Å². The predicted octanol–water partition coefficient (Wildman–Crippen LogP) is 3.67. The van der Waals surface area contributed by atoms with Crippen molar-refractivity contribution in [2.45, 2.75) is 38.9 Å². The van der Waals surface area contributed by atoms with Crippen molar-refractivity contribution in [3.63, 3.8) is 0 Å².